The molecule has 4 N–H and O–H groups in total. The van der Waals surface area contributed by atoms with Crippen LogP contribution in [0.1, 0.15) is 20.8 Å². The fraction of sp³-hybridized carbons (Fsp3) is 0.211. The van der Waals surface area contributed by atoms with E-state index < -0.39 is 21.7 Å². The molecule has 152 valence electrons. The molecule has 1 heterocycles. The average molecular weight is 415 g/mol. The molecule has 0 saturated heterocycles. The van der Waals surface area contributed by atoms with E-state index in [1.807, 2.05) is 20.8 Å². The first-order valence-corrected chi connectivity index (χ1v) is 10.2. The fourth-order valence-corrected chi connectivity index (χ4v) is 2.95. The summed E-state index contributed by atoms with van der Waals surface area (Å²) in [4.78, 5) is 20.5. The maximum Gasteiger partial charge on any atom is 0.413 e. The molecule has 0 radical (unpaired) electrons. The number of amides is 1. The van der Waals surface area contributed by atoms with E-state index in [1.54, 1.807) is 36.5 Å². The molecule has 29 heavy (non-hydrogen) atoms. The molecule has 0 aliphatic carbocycles. The third kappa shape index (κ3) is 5.62. The van der Waals surface area contributed by atoms with Gasteiger partial charge in [-0.1, -0.05) is 0 Å². The zero-order chi connectivity index (χ0) is 21.2. The lowest BCUT2D eigenvalue weighted by Gasteiger charge is -2.19. The average Bonchev–Trinajstić information content (AvgIpc) is 2.60. The van der Waals surface area contributed by atoms with Crippen molar-refractivity contribution in [1.29, 1.82) is 0 Å². The Morgan fingerprint density at radius 1 is 1.10 bits per heavy atom. The number of carbonyl (C=O) groups excluding carboxylic acids is 1. The standard InChI is InChI=1S/C19H21N5O4S/c1-19(2,3)24-18(25)28-14-6-9-16-12(10-14)11-21-17(23-16)22-13-4-7-15(8-5-13)29(20,26)27/h4-11H,1-3H3,(H,24,25)(H2,20,26,27)(H,21,22,23). The molecule has 2 aromatic carbocycles. The molecule has 10 heteroatoms. The molecule has 0 saturated carbocycles. The maximum absolute atomic E-state index is 11.9. The number of benzene rings is 2. The Bertz CT molecular complexity index is 1160. The molecule has 0 aliphatic heterocycles. The van der Waals surface area contributed by atoms with Crippen LogP contribution in [-0.4, -0.2) is 30.0 Å². The lowest BCUT2D eigenvalue weighted by Crippen LogP contribution is -2.42. The molecule has 0 fully saturated rings. The number of primary sulfonamides is 1. The summed E-state index contributed by atoms with van der Waals surface area (Å²) in [5, 5.41) is 11.5. The quantitative estimate of drug-likeness (QED) is 0.596. The van der Waals surface area contributed by atoms with Gasteiger partial charge >= 0.3 is 6.09 Å². The number of aromatic nitrogens is 2. The number of carbonyl (C=O) groups is 1. The summed E-state index contributed by atoms with van der Waals surface area (Å²) in [7, 11) is -3.74. The Morgan fingerprint density at radius 3 is 2.41 bits per heavy atom. The van der Waals surface area contributed by atoms with Crippen LogP contribution in [0.25, 0.3) is 10.9 Å². The summed E-state index contributed by atoms with van der Waals surface area (Å²) in [6.07, 6.45) is 1.05. The third-order valence-electron chi connectivity index (χ3n) is 3.68. The Hall–Kier alpha value is -3.24. The maximum atomic E-state index is 11.9. The first-order valence-electron chi connectivity index (χ1n) is 8.66. The van der Waals surface area contributed by atoms with Crippen molar-refractivity contribution in [3.8, 4) is 5.75 Å². The second kappa shape index (κ2) is 7.64. The van der Waals surface area contributed by atoms with Crippen LogP contribution in [0.2, 0.25) is 0 Å². The smallest absolute Gasteiger partial charge is 0.410 e. The SMILES string of the molecule is CC(C)(C)NC(=O)Oc1ccc2nc(Nc3ccc(S(N)(=O)=O)cc3)ncc2c1. The predicted molar refractivity (Wildman–Crippen MR) is 110 cm³/mol. The van der Waals surface area contributed by atoms with Crippen molar-refractivity contribution in [2.75, 3.05) is 5.32 Å². The van der Waals surface area contributed by atoms with Crippen LogP contribution in [0.5, 0.6) is 5.75 Å². The number of nitrogens with one attached hydrogen (secondary N) is 2. The number of anilines is 2. The van der Waals surface area contributed by atoms with E-state index in [2.05, 4.69) is 20.6 Å². The molecule has 3 rings (SSSR count). The van der Waals surface area contributed by atoms with E-state index >= 15 is 0 Å². The number of sulfonamides is 1. The summed E-state index contributed by atoms with van der Waals surface area (Å²) >= 11 is 0. The van der Waals surface area contributed by atoms with Crippen molar-refractivity contribution in [3.05, 3.63) is 48.7 Å². The van der Waals surface area contributed by atoms with Gasteiger partial charge in [0, 0.05) is 22.8 Å². The highest BCUT2D eigenvalue weighted by molar-refractivity contribution is 7.89. The normalized spacial score (nSPS) is 11.9. The zero-order valence-electron chi connectivity index (χ0n) is 16.1. The highest BCUT2D eigenvalue weighted by atomic mass is 32.2. The second-order valence-electron chi connectivity index (χ2n) is 7.37. The number of fused-ring (bicyclic) bond motifs is 1. The van der Waals surface area contributed by atoms with Crippen molar-refractivity contribution in [2.24, 2.45) is 5.14 Å². The van der Waals surface area contributed by atoms with E-state index in [9.17, 15) is 13.2 Å². The highest BCUT2D eigenvalue weighted by Gasteiger charge is 2.15. The van der Waals surface area contributed by atoms with Crippen LogP contribution in [0.4, 0.5) is 16.4 Å². The van der Waals surface area contributed by atoms with Crippen molar-refractivity contribution < 1.29 is 17.9 Å². The molecule has 0 atom stereocenters. The minimum atomic E-state index is -3.74. The van der Waals surface area contributed by atoms with Gasteiger partial charge < -0.3 is 15.4 Å². The molecule has 3 aromatic rings. The lowest BCUT2D eigenvalue weighted by atomic mass is 10.1. The molecule has 0 unspecified atom stereocenters. The number of nitrogens with zero attached hydrogens (tertiary/aromatic N) is 2. The molecule has 1 amide bonds. The number of hydrogen-bond donors (Lipinski definition) is 3. The lowest BCUT2D eigenvalue weighted by molar-refractivity contribution is 0.190. The third-order valence-corrected chi connectivity index (χ3v) is 4.61. The summed E-state index contributed by atoms with van der Waals surface area (Å²) in [6.45, 7) is 5.58. The zero-order valence-corrected chi connectivity index (χ0v) is 16.9. The van der Waals surface area contributed by atoms with Gasteiger partial charge in [0.15, 0.2) is 0 Å². The van der Waals surface area contributed by atoms with Crippen LogP contribution in [0, 0.1) is 0 Å². The van der Waals surface area contributed by atoms with E-state index in [4.69, 9.17) is 9.88 Å². The predicted octanol–water partition coefficient (Wildman–Crippen LogP) is 2.91. The number of hydrogen-bond acceptors (Lipinski definition) is 7. The van der Waals surface area contributed by atoms with E-state index in [0.717, 1.165) is 0 Å². The first kappa shape index (κ1) is 20.5. The van der Waals surface area contributed by atoms with Gasteiger partial charge in [-0.2, -0.15) is 0 Å². The van der Waals surface area contributed by atoms with Gasteiger partial charge in [-0.25, -0.2) is 28.3 Å². The molecule has 1 aromatic heterocycles. The molecule has 0 spiro atoms. The van der Waals surface area contributed by atoms with Crippen molar-refractivity contribution in [1.82, 2.24) is 15.3 Å². The number of nitrogens with two attached hydrogens (primary N) is 1. The Morgan fingerprint density at radius 2 is 1.79 bits per heavy atom. The Kier molecular flexibility index (Phi) is 5.40. The van der Waals surface area contributed by atoms with Gasteiger partial charge in [0.1, 0.15) is 5.75 Å². The fourth-order valence-electron chi connectivity index (χ4n) is 2.43. The van der Waals surface area contributed by atoms with Gasteiger partial charge in [0.25, 0.3) is 0 Å². The van der Waals surface area contributed by atoms with Crippen LogP contribution >= 0.6 is 0 Å². The summed E-state index contributed by atoms with van der Waals surface area (Å²) in [5.41, 5.74) is 0.854. The number of ether oxygens (including phenoxy) is 1. The highest BCUT2D eigenvalue weighted by Crippen LogP contribution is 2.22. The monoisotopic (exact) mass is 415 g/mol. The Balaban J connectivity index is 1.74. The van der Waals surface area contributed by atoms with Gasteiger partial charge in [-0.15, -0.1) is 0 Å². The molecular formula is C19H21N5O4S. The first-order chi connectivity index (χ1) is 13.5. The molecule has 0 bridgehead atoms. The molecule has 9 nitrogen and oxygen atoms in total. The van der Waals surface area contributed by atoms with E-state index in [0.29, 0.717) is 28.3 Å². The van der Waals surface area contributed by atoms with Crippen LogP contribution in [0.15, 0.2) is 53.6 Å². The van der Waals surface area contributed by atoms with Gasteiger partial charge in [0.05, 0.1) is 10.4 Å². The second-order valence-corrected chi connectivity index (χ2v) is 8.93. The van der Waals surface area contributed by atoms with Gasteiger partial charge in [-0.3, -0.25) is 0 Å². The van der Waals surface area contributed by atoms with Crippen LogP contribution < -0.4 is 20.5 Å². The van der Waals surface area contributed by atoms with Crippen LogP contribution in [0.3, 0.4) is 0 Å². The summed E-state index contributed by atoms with van der Waals surface area (Å²) in [6, 6.07) is 10.9. The van der Waals surface area contributed by atoms with E-state index in [1.165, 1.54) is 12.1 Å². The van der Waals surface area contributed by atoms with Crippen LogP contribution in [-0.2, 0) is 10.0 Å². The topological polar surface area (TPSA) is 136 Å². The Labute approximate surface area is 168 Å². The molecular weight excluding hydrogens is 394 g/mol. The largest absolute Gasteiger partial charge is 0.413 e. The summed E-state index contributed by atoms with van der Waals surface area (Å²) < 4.78 is 27.9. The van der Waals surface area contributed by atoms with Gasteiger partial charge in [0.2, 0.25) is 16.0 Å². The minimum absolute atomic E-state index is 0.0190. The summed E-state index contributed by atoms with van der Waals surface area (Å²) in [5.74, 6) is 0.710. The van der Waals surface area contributed by atoms with E-state index in [-0.39, 0.29) is 4.90 Å². The molecule has 0 aliphatic rings. The van der Waals surface area contributed by atoms with Crippen molar-refractivity contribution >= 4 is 38.7 Å². The van der Waals surface area contributed by atoms with Gasteiger partial charge in [-0.05, 0) is 63.2 Å². The van der Waals surface area contributed by atoms with Crippen molar-refractivity contribution in [2.45, 2.75) is 31.2 Å². The van der Waals surface area contributed by atoms with Crippen molar-refractivity contribution in [3.63, 3.8) is 0 Å². The number of rotatable bonds is 4. The minimum Gasteiger partial charge on any atom is -0.410 e.